The van der Waals surface area contributed by atoms with Crippen molar-refractivity contribution in [3.63, 3.8) is 0 Å². The Morgan fingerprint density at radius 2 is 1.90 bits per heavy atom. The van der Waals surface area contributed by atoms with Crippen molar-refractivity contribution >= 4 is 47.8 Å². The van der Waals surface area contributed by atoms with Crippen LogP contribution in [0.4, 0.5) is 0 Å². The summed E-state index contributed by atoms with van der Waals surface area (Å²) in [7, 11) is -2.15. The lowest BCUT2D eigenvalue weighted by atomic mass is 9.89. The van der Waals surface area contributed by atoms with Crippen molar-refractivity contribution < 1.29 is 19.1 Å². The Bertz CT molecular complexity index is 1860. The Hall–Kier alpha value is -2.91. The van der Waals surface area contributed by atoms with Crippen molar-refractivity contribution in [2.24, 2.45) is 0 Å². The SMILES string of the molecule is Cc1nc(C(=O)N2CCOC3(CCN(CCc4ccc(CNCC(O[Si](C)(C)C(C)(C)C)c5ccc(O)c6[nH]c(=O)ccc56)s4)CC3)C2)cs1. The van der Waals surface area contributed by atoms with Gasteiger partial charge >= 0.3 is 0 Å². The molecule has 1 unspecified atom stereocenters. The van der Waals surface area contributed by atoms with E-state index >= 15 is 0 Å². The van der Waals surface area contributed by atoms with Gasteiger partial charge in [0.1, 0.15) is 11.4 Å². The van der Waals surface area contributed by atoms with E-state index in [1.54, 1.807) is 12.1 Å². The van der Waals surface area contributed by atoms with Crippen LogP contribution in [0.5, 0.6) is 5.75 Å². The third-order valence-corrected chi connectivity index (χ3v) is 17.1. The molecule has 1 aromatic carbocycles. The number of carbonyl (C=O) groups is 1. The van der Waals surface area contributed by atoms with Gasteiger partial charge in [-0.3, -0.25) is 9.59 Å². The van der Waals surface area contributed by atoms with E-state index in [0.29, 0.717) is 37.5 Å². The number of carbonyl (C=O) groups excluding carboxylic acids is 1. The zero-order valence-corrected chi connectivity index (χ0v) is 32.8. The molecule has 0 saturated carbocycles. The van der Waals surface area contributed by atoms with Crippen LogP contribution in [0.3, 0.4) is 0 Å². The van der Waals surface area contributed by atoms with E-state index in [0.717, 1.165) is 61.4 Å². The molecule has 2 fully saturated rings. The molecule has 3 aromatic heterocycles. The number of phenolic OH excluding ortho intramolecular Hbond substituents is 1. The first-order valence-electron chi connectivity index (χ1n) is 17.6. The Morgan fingerprint density at radius 1 is 1.14 bits per heavy atom. The lowest BCUT2D eigenvalue weighted by molar-refractivity contribution is -0.127. The number of piperidine rings is 1. The molecule has 0 radical (unpaired) electrons. The number of amides is 1. The average Bonchev–Trinajstić information content (AvgIpc) is 3.72. The highest BCUT2D eigenvalue weighted by Gasteiger charge is 2.42. The van der Waals surface area contributed by atoms with E-state index in [-0.39, 0.29) is 34.0 Å². The fourth-order valence-corrected chi connectivity index (χ4v) is 9.50. The number of morpholine rings is 1. The number of aromatic nitrogens is 2. The van der Waals surface area contributed by atoms with Crippen LogP contribution in [0.1, 0.15) is 70.5 Å². The number of pyridine rings is 1. The number of hydrogen-bond acceptors (Lipinski definition) is 10. The predicted octanol–water partition coefficient (Wildman–Crippen LogP) is 6.46. The molecular formula is C37H51N5O5S2Si. The van der Waals surface area contributed by atoms with Crippen LogP contribution in [0.25, 0.3) is 10.9 Å². The first-order chi connectivity index (χ1) is 23.7. The normalized spacial score (nSPS) is 17.8. The summed E-state index contributed by atoms with van der Waals surface area (Å²) in [5.74, 6) is 0.0752. The van der Waals surface area contributed by atoms with Crippen LogP contribution in [0.15, 0.2) is 46.6 Å². The summed E-state index contributed by atoms with van der Waals surface area (Å²) in [4.78, 5) is 39.4. The summed E-state index contributed by atoms with van der Waals surface area (Å²) >= 11 is 3.37. The molecule has 13 heteroatoms. The zero-order chi connectivity index (χ0) is 35.7. The van der Waals surface area contributed by atoms with Crippen LogP contribution in [0.2, 0.25) is 18.1 Å². The molecule has 270 valence electrons. The average molecular weight is 738 g/mol. The second-order valence-electron chi connectivity index (χ2n) is 15.3. The number of H-pyrrole nitrogens is 1. The van der Waals surface area contributed by atoms with E-state index in [9.17, 15) is 14.7 Å². The summed E-state index contributed by atoms with van der Waals surface area (Å²) in [6, 6.07) is 11.3. The molecule has 1 amide bonds. The Labute approximate surface area is 304 Å². The molecule has 1 spiro atoms. The van der Waals surface area contributed by atoms with Gasteiger partial charge < -0.3 is 34.4 Å². The molecule has 6 rings (SSSR count). The number of benzene rings is 1. The van der Waals surface area contributed by atoms with Crippen LogP contribution in [0, 0.1) is 6.92 Å². The largest absolute Gasteiger partial charge is 0.506 e. The maximum absolute atomic E-state index is 13.1. The fourth-order valence-electron chi connectivity index (χ4n) is 6.66. The van der Waals surface area contributed by atoms with E-state index in [2.05, 4.69) is 66.2 Å². The highest BCUT2D eigenvalue weighted by atomic mass is 32.1. The number of likely N-dealkylation sites (tertiary alicyclic amines) is 1. The number of hydrogen-bond donors (Lipinski definition) is 3. The maximum Gasteiger partial charge on any atom is 0.273 e. The number of thiazole rings is 1. The van der Waals surface area contributed by atoms with Crippen molar-refractivity contribution in [1.82, 2.24) is 25.1 Å². The third-order valence-electron chi connectivity index (χ3n) is 10.7. The van der Waals surface area contributed by atoms with Gasteiger partial charge in [0, 0.05) is 65.9 Å². The van der Waals surface area contributed by atoms with Gasteiger partial charge in [0.15, 0.2) is 8.32 Å². The van der Waals surface area contributed by atoms with Gasteiger partial charge in [-0.05, 0) is 74.1 Å². The van der Waals surface area contributed by atoms with Gasteiger partial charge in [0.25, 0.3) is 5.91 Å². The summed E-state index contributed by atoms with van der Waals surface area (Å²) in [5, 5.41) is 17.8. The Kier molecular flexibility index (Phi) is 11.0. The fraction of sp³-hybridized carbons (Fsp3) is 0.541. The van der Waals surface area contributed by atoms with E-state index in [4.69, 9.17) is 9.16 Å². The number of aryl methyl sites for hydroxylation is 1. The first kappa shape index (κ1) is 36.9. The van der Waals surface area contributed by atoms with Gasteiger partial charge in [-0.25, -0.2) is 4.98 Å². The molecule has 0 bridgehead atoms. The monoisotopic (exact) mass is 737 g/mol. The van der Waals surface area contributed by atoms with Gasteiger partial charge in [0.2, 0.25) is 5.56 Å². The molecule has 2 saturated heterocycles. The molecule has 2 aliphatic rings. The minimum atomic E-state index is -2.15. The highest BCUT2D eigenvalue weighted by molar-refractivity contribution is 7.12. The molecule has 1 atom stereocenters. The molecular weight excluding hydrogens is 687 g/mol. The lowest BCUT2D eigenvalue weighted by Crippen LogP contribution is -2.58. The third kappa shape index (κ3) is 8.41. The molecule has 3 N–H and O–H groups in total. The van der Waals surface area contributed by atoms with Crippen LogP contribution in [-0.4, -0.2) is 90.6 Å². The quantitative estimate of drug-likeness (QED) is 0.150. The summed E-state index contributed by atoms with van der Waals surface area (Å²) in [5.41, 5.74) is 1.44. The first-order valence-corrected chi connectivity index (χ1v) is 22.2. The van der Waals surface area contributed by atoms with E-state index < -0.39 is 8.32 Å². The van der Waals surface area contributed by atoms with Gasteiger partial charge in [-0.1, -0.05) is 26.8 Å². The molecule has 0 aliphatic carbocycles. The number of aromatic amines is 1. The molecule has 5 heterocycles. The second kappa shape index (κ2) is 15.0. The topological polar surface area (TPSA) is 120 Å². The number of nitrogens with zero attached hydrogens (tertiary/aromatic N) is 3. The zero-order valence-electron chi connectivity index (χ0n) is 30.1. The molecule has 50 heavy (non-hydrogen) atoms. The number of aromatic hydroxyl groups is 1. The minimum absolute atomic E-state index is 0.0208. The number of nitrogens with one attached hydrogen (secondary N) is 2. The maximum atomic E-state index is 13.1. The predicted molar refractivity (Wildman–Crippen MR) is 204 cm³/mol. The summed E-state index contributed by atoms with van der Waals surface area (Å²) < 4.78 is 13.3. The van der Waals surface area contributed by atoms with Gasteiger partial charge in [0.05, 0.1) is 35.4 Å². The van der Waals surface area contributed by atoms with Gasteiger partial charge in [-0.2, -0.15) is 0 Å². The van der Waals surface area contributed by atoms with Crippen molar-refractivity contribution in [3.05, 3.63) is 78.2 Å². The Morgan fingerprint density at radius 3 is 2.62 bits per heavy atom. The molecule has 10 nitrogen and oxygen atoms in total. The van der Waals surface area contributed by atoms with E-state index in [1.807, 2.05) is 34.6 Å². The second-order valence-corrected chi connectivity index (χ2v) is 22.3. The highest BCUT2D eigenvalue weighted by Crippen LogP contribution is 2.41. The summed E-state index contributed by atoms with van der Waals surface area (Å²) in [6.45, 7) is 19.2. The minimum Gasteiger partial charge on any atom is -0.506 e. The number of phenols is 1. The number of fused-ring (bicyclic) bond motifs is 1. The van der Waals surface area contributed by atoms with Gasteiger partial charge in [-0.15, -0.1) is 22.7 Å². The Balaban J connectivity index is 1.02. The van der Waals surface area contributed by atoms with Crippen molar-refractivity contribution in [2.45, 2.75) is 83.3 Å². The molecule has 2 aliphatic heterocycles. The van der Waals surface area contributed by atoms with Crippen molar-refractivity contribution in [1.29, 1.82) is 0 Å². The van der Waals surface area contributed by atoms with Crippen molar-refractivity contribution in [2.75, 3.05) is 45.9 Å². The van der Waals surface area contributed by atoms with Crippen LogP contribution in [-0.2, 0) is 22.1 Å². The smallest absolute Gasteiger partial charge is 0.273 e. The number of rotatable bonds is 11. The number of thiophene rings is 1. The van der Waals surface area contributed by atoms with Crippen LogP contribution >= 0.6 is 22.7 Å². The van der Waals surface area contributed by atoms with Crippen LogP contribution < -0.4 is 10.9 Å². The van der Waals surface area contributed by atoms with E-state index in [1.165, 1.54) is 27.2 Å². The standard InChI is InChI=1S/C37H51N5O5S2Si/c1-25-39-30(23-48-25)35(45)42-19-20-46-37(24-42)14-17-41(18-15-37)16-13-26-7-8-27(49-26)21-38-22-32(47-50(5,6)36(2,3)4)28-9-11-31(43)34-29(28)10-12-33(44)40-34/h7-12,23,32,38,43H,13-22,24H2,1-6H3,(H,40,44). The molecule has 4 aromatic rings. The number of ether oxygens (including phenoxy) is 1. The lowest BCUT2D eigenvalue weighted by Gasteiger charge is -2.47. The van der Waals surface area contributed by atoms with Crippen molar-refractivity contribution in [3.8, 4) is 5.75 Å². The summed E-state index contributed by atoms with van der Waals surface area (Å²) in [6.07, 6.45) is 2.61.